The zero-order valence-electron chi connectivity index (χ0n) is 15.4. The Bertz CT molecular complexity index is 961. The summed E-state index contributed by atoms with van der Waals surface area (Å²) < 4.78 is 6.53. The quantitative estimate of drug-likeness (QED) is 0.528. The molecule has 0 fully saturated rings. The van der Waals surface area contributed by atoms with Crippen molar-refractivity contribution in [2.24, 2.45) is 0 Å². The van der Waals surface area contributed by atoms with Crippen molar-refractivity contribution in [1.82, 2.24) is 9.97 Å². The molecule has 2 aromatic carbocycles. The first-order valence-corrected chi connectivity index (χ1v) is 9.67. The highest BCUT2D eigenvalue weighted by Gasteiger charge is 2.13. The van der Waals surface area contributed by atoms with Crippen LogP contribution in [0.1, 0.15) is 22.8 Å². The molecule has 144 valence electrons. The molecule has 3 aromatic rings. The lowest BCUT2D eigenvalue weighted by Crippen LogP contribution is -2.07. The minimum Gasteiger partial charge on any atom is -0.493 e. The number of nitrogens with zero attached hydrogens (tertiary/aromatic N) is 2. The van der Waals surface area contributed by atoms with E-state index in [1.54, 1.807) is 12.1 Å². The van der Waals surface area contributed by atoms with E-state index in [-0.39, 0.29) is 5.56 Å². The third kappa shape index (κ3) is 5.07. The van der Waals surface area contributed by atoms with Gasteiger partial charge in [0.05, 0.1) is 12.3 Å². The van der Waals surface area contributed by atoms with E-state index in [4.69, 9.17) is 4.74 Å². The van der Waals surface area contributed by atoms with Gasteiger partial charge >= 0.3 is 5.97 Å². The molecule has 7 heteroatoms. The number of ether oxygens (including phenoxy) is 1. The van der Waals surface area contributed by atoms with Crippen molar-refractivity contribution < 1.29 is 14.6 Å². The van der Waals surface area contributed by atoms with E-state index in [1.165, 1.54) is 18.0 Å². The van der Waals surface area contributed by atoms with Crippen LogP contribution in [0.5, 0.6) is 5.75 Å². The SMILES string of the molecule is CCOc1cc(-c2cc(NCCc3ccc(Br)cc3)ncn2)ccc1C(=O)O. The number of nitrogens with one attached hydrogen (secondary N) is 1. The van der Waals surface area contributed by atoms with E-state index >= 15 is 0 Å². The second kappa shape index (κ2) is 9.32. The van der Waals surface area contributed by atoms with Gasteiger partial charge in [-0.25, -0.2) is 14.8 Å². The summed E-state index contributed by atoms with van der Waals surface area (Å²) in [4.78, 5) is 19.9. The summed E-state index contributed by atoms with van der Waals surface area (Å²) in [5, 5.41) is 12.6. The van der Waals surface area contributed by atoms with Gasteiger partial charge in [-0.1, -0.05) is 34.1 Å². The summed E-state index contributed by atoms with van der Waals surface area (Å²) in [6.45, 7) is 2.94. The van der Waals surface area contributed by atoms with Crippen LogP contribution in [0.15, 0.2) is 59.3 Å². The topological polar surface area (TPSA) is 84.3 Å². The molecule has 0 aliphatic carbocycles. The van der Waals surface area contributed by atoms with Gasteiger partial charge in [0.1, 0.15) is 23.5 Å². The fraction of sp³-hybridized carbons (Fsp3) is 0.190. The number of aromatic nitrogens is 2. The van der Waals surface area contributed by atoms with Crippen molar-refractivity contribution in [2.45, 2.75) is 13.3 Å². The summed E-state index contributed by atoms with van der Waals surface area (Å²) >= 11 is 3.43. The lowest BCUT2D eigenvalue weighted by Gasteiger charge is -2.10. The number of anilines is 1. The smallest absolute Gasteiger partial charge is 0.339 e. The summed E-state index contributed by atoms with van der Waals surface area (Å²) in [5.41, 5.74) is 2.83. The van der Waals surface area contributed by atoms with Crippen LogP contribution in [0.25, 0.3) is 11.3 Å². The number of carboxylic acid groups (broad SMARTS) is 1. The van der Waals surface area contributed by atoms with Crippen LogP contribution in [0.4, 0.5) is 5.82 Å². The molecule has 1 aromatic heterocycles. The third-order valence-electron chi connectivity index (χ3n) is 4.11. The van der Waals surface area contributed by atoms with Crippen molar-refractivity contribution in [3.8, 4) is 17.0 Å². The normalized spacial score (nSPS) is 10.5. The Morgan fingerprint density at radius 2 is 1.93 bits per heavy atom. The van der Waals surface area contributed by atoms with Gasteiger partial charge in [0.2, 0.25) is 0 Å². The maximum absolute atomic E-state index is 11.3. The van der Waals surface area contributed by atoms with Gasteiger partial charge in [-0.3, -0.25) is 0 Å². The van der Waals surface area contributed by atoms with Gasteiger partial charge in [-0.15, -0.1) is 0 Å². The fourth-order valence-electron chi connectivity index (χ4n) is 2.73. The molecule has 2 N–H and O–H groups in total. The molecule has 0 amide bonds. The first-order chi connectivity index (χ1) is 13.6. The van der Waals surface area contributed by atoms with E-state index < -0.39 is 5.97 Å². The number of carbonyl (C=O) groups is 1. The largest absolute Gasteiger partial charge is 0.493 e. The number of benzene rings is 2. The number of aromatic carboxylic acids is 1. The Balaban J connectivity index is 1.72. The Morgan fingerprint density at radius 1 is 1.14 bits per heavy atom. The van der Waals surface area contributed by atoms with Crippen LogP contribution in [0, 0.1) is 0 Å². The molecule has 0 saturated carbocycles. The molecule has 0 spiro atoms. The van der Waals surface area contributed by atoms with Crippen molar-refractivity contribution in [1.29, 1.82) is 0 Å². The first-order valence-electron chi connectivity index (χ1n) is 8.87. The first kappa shape index (κ1) is 19.8. The molecule has 0 atom stereocenters. The molecule has 0 unspecified atom stereocenters. The Hall–Kier alpha value is -2.93. The highest BCUT2D eigenvalue weighted by Crippen LogP contribution is 2.27. The van der Waals surface area contributed by atoms with Gasteiger partial charge in [0, 0.05) is 22.6 Å². The average molecular weight is 442 g/mol. The molecule has 3 rings (SSSR count). The lowest BCUT2D eigenvalue weighted by molar-refractivity contribution is 0.0692. The molecule has 0 aliphatic heterocycles. The van der Waals surface area contributed by atoms with Gasteiger partial charge in [0.25, 0.3) is 0 Å². The molecule has 0 radical (unpaired) electrons. The highest BCUT2D eigenvalue weighted by atomic mass is 79.9. The Morgan fingerprint density at radius 3 is 2.64 bits per heavy atom. The molecular formula is C21H20BrN3O3. The van der Waals surface area contributed by atoms with Crippen LogP contribution in [0.3, 0.4) is 0 Å². The average Bonchev–Trinajstić information content (AvgIpc) is 2.70. The van der Waals surface area contributed by atoms with Gasteiger partial charge < -0.3 is 15.2 Å². The van der Waals surface area contributed by atoms with Crippen LogP contribution in [0.2, 0.25) is 0 Å². The zero-order chi connectivity index (χ0) is 19.9. The standard InChI is InChI=1S/C21H20BrN3O3/c1-2-28-19-11-15(5-8-17(19)21(26)27)18-12-20(25-13-24-18)23-10-9-14-3-6-16(22)7-4-14/h3-8,11-13H,2,9-10H2,1H3,(H,26,27)(H,23,24,25). The van der Waals surface area contributed by atoms with E-state index in [0.717, 1.165) is 23.0 Å². The van der Waals surface area contributed by atoms with Crippen molar-refractivity contribution in [3.05, 3.63) is 70.5 Å². The predicted octanol–water partition coefficient (Wildman–Crippen LogP) is 4.66. The number of hydrogen-bond donors (Lipinski definition) is 2. The molecule has 6 nitrogen and oxygen atoms in total. The fourth-order valence-corrected chi connectivity index (χ4v) is 3.00. The molecular weight excluding hydrogens is 422 g/mol. The van der Waals surface area contributed by atoms with Crippen molar-refractivity contribution in [2.75, 3.05) is 18.5 Å². The maximum Gasteiger partial charge on any atom is 0.339 e. The summed E-state index contributed by atoms with van der Waals surface area (Å²) in [6.07, 6.45) is 2.36. The summed E-state index contributed by atoms with van der Waals surface area (Å²) in [7, 11) is 0. The van der Waals surface area contributed by atoms with E-state index in [2.05, 4.69) is 43.3 Å². The van der Waals surface area contributed by atoms with Gasteiger partial charge in [0.15, 0.2) is 0 Å². The predicted molar refractivity (Wildman–Crippen MR) is 112 cm³/mol. The van der Waals surface area contributed by atoms with Crippen LogP contribution >= 0.6 is 15.9 Å². The minimum absolute atomic E-state index is 0.132. The van der Waals surface area contributed by atoms with Crippen LogP contribution in [-0.2, 0) is 6.42 Å². The van der Waals surface area contributed by atoms with Gasteiger partial charge in [-0.05, 0) is 43.2 Å². The molecule has 1 heterocycles. The highest BCUT2D eigenvalue weighted by molar-refractivity contribution is 9.10. The van der Waals surface area contributed by atoms with Crippen molar-refractivity contribution >= 4 is 27.7 Å². The third-order valence-corrected chi connectivity index (χ3v) is 4.64. The summed E-state index contributed by atoms with van der Waals surface area (Å²) in [6, 6.07) is 15.0. The van der Waals surface area contributed by atoms with Crippen LogP contribution < -0.4 is 10.1 Å². The Labute approximate surface area is 171 Å². The minimum atomic E-state index is -1.02. The summed E-state index contributed by atoms with van der Waals surface area (Å²) in [5.74, 6) is 0.0197. The molecule has 0 bridgehead atoms. The van der Waals surface area contributed by atoms with E-state index in [0.29, 0.717) is 23.9 Å². The Kier molecular flexibility index (Phi) is 6.60. The van der Waals surface area contributed by atoms with E-state index in [1.807, 2.05) is 25.1 Å². The number of rotatable bonds is 8. The van der Waals surface area contributed by atoms with Crippen molar-refractivity contribution in [3.63, 3.8) is 0 Å². The second-order valence-electron chi connectivity index (χ2n) is 6.04. The molecule has 0 saturated heterocycles. The van der Waals surface area contributed by atoms with E-state index in [9.17, 15) is 9.90 Å². The second-order valence-corrected chi connectivity index (χ2v) is 6.96. The van der Waals surface area contributed by atoms with Crippen LogP contribution in [-0.4, -0.2) is 34.2 Å². The molecule has 0 aliphatic rings. The maximum atomic E-state index is 11.3. The number of carboxylic acids is 1. The number of hydrogen-bond acceptors (Lipinski definition) is 5. The van der Waals surface area contributed by atoms with Gasteiger partial charge in [-0.2, -0.15) is 0 Å². The molecule has 28 heavy (non-hydrogen) atoms. The number of halogens is 1. The zero-order valence-corrected chi connectivity index (χ0v) is 16.9. The monoisotopic (exact) mass is 441 g/mol. The lowest BCUT2D eigenvalue weighted by atomic mass is 10.1.